The Morgan fingerprint density at radius 2 is 1.85 bits per heavy atom. The normalized spacial score (nSPS) is 15.9. The maximum absolute atomic E-state index is 14.0. The van der Waals surface area contributed by atoms with Crippen LogP contribution < -0.4 is 0 Å². The van der Waals surface area contributed by atoms with E-state index in [0.29, 0.717) is 48.6 Å². The Labute approximate surface area is 198 Å². The Hall–Kier alpha value is -3.80. The van der Waals surface area contributed by atoms with Crippen molar-refractivity contribution in [2.24, 2.45) is 0 Å². The summed E-state index contributed by atoms with van der Waals surface area (Å²) in [6.07, 6.45) is 6.28. The molecule has 0 N–H and O–H groups in total. The van der Waals surface area contributed by atoms with Gasteiger partial charge in [-0.1, -0.05) is 48.5 Å². The first kappa shape index (κ1) is 22.0. The van der Waals surface area contributed by atoms with Gasteiger partial charge >= 0.3 is 0 Å². The summed E-state index contributed by atoms with van der Waals surface area (Å²) in [4.78, 5) is 24.0. The molecule has 5 nitrogen and oxygen atoms in total. The third-order valence-corrected chi connectivity index (χ3v) is 6.24. The van der Waals surface area contributed by atoms with Gasteiger partial charge in [0.15, 0.2) is 5.89 Å². The van der Waals surface area contributed by atoms with Crippen LogP contribution in [-0.4, -0.2) is 33.9 Å². The lowest BCUT2D eigenvalue weighted by molar-refractivity contribution is 0.0697. The predicted octanol–water partition coefficient (Wildman–Crippen LogP) is 5.41. The van der Waals surface area contributed by atoms with Crippen molar-refractivity contribution in [2.75, 3.05) is 13.1 Å². The maximum atomic E-state index is 14.0. The van der Waals surface area contributed by atoms with Gasteiger partial charge in [0, 0.05) is 43.4 Å². The third kappa shape index (κ3) is 5.06. The monoisotopic (exact) mass is 455 g/mol. The number of halogens is 1. The van der Waals surface area contributed by atoms with Crippen LogP contribution in [0.5, 0.6) is 0 Å². The Morgan fingerprint density at radius 1 is 1.03 bits per heavy atom. The third-order valence-electron chi connectivity index (χ3n) is 6.24. The second-order valence-corrected chi connectivity index (χ2v) is 8.72. The minimum Gasteiger partial charge on any atom is -0.445 e. The number of oxazole rings is 1. The highest BCUT2D eigenvalue weighted by Crippen LogP contribution is 2.28. The number of amides is 1. The van der Waals surface area contributed by atoms with Gasteiger partial charge in [-0.2, -0.15) is 0 Å². The molecule has 5 rings (SSSR count). The lowest BCUT2D eigenvalue weighted by Gasteiger charge is -2.31. The van der Waals surface area contributed by atoms with Gasteiger partial charge in [0.2, 0.25) is 0 Å². The van der Waals surface area contributed by atoms with E-state index in [4.69, 9.17) is 4.42 Å². The van der Waals surface area contributed by atoms with Crippen molar-refractivity contribution in [1.82, 2.24) is 14.9 Å². The average Bonchev–Trinajstić information content (AvgIpc) is 3.34. The van der Waals surface area contributed by atoms with E-state index < -0.39 is 0 Å². The van der Waals surface area contributed by atoms with Crippen LogP contribution in [0.15, 0.2) is 83.5 Å². The van der Waals surface area contributed by atoms with Crippen molar-refractivity contribution >= 4 is 5.91 Å². The number of hydrogen-bond donors (Lipinski definition) is 0. The SMILES string of the molecule is O=C(c1ccnc(Cc2ccccc2F)c1)N1CCC[C@@H](c2ncc(Cc3ccccc3)o2)C1. The van der Waals surface area contributed by atoms with Crippen molar-refractivity contribution in [2.45, 2.75) is 31.6 Å². The van der Waals surface area contributed by atoms with E-state index in [1.54, 1.807) is 42.7 Å². The minimum atomic E-state index is -0.266. The van der Waals surface area contributed by atoms with Crippen LogP contribution in [0.25, 0.3) is 0 Å². The summed E-state index contributed by atoms with van der Waals surface area (Å²) in [7, 11) is 0. The smallest absolute Gasteiger partial charge is 0.253 e. The first-order valence-corrected chi connectivity index (χ1v) is 11.6. The number of pyridine rings is 1. The van der Waals surface area contributed by atoms with E-state index in [9.17, 15) is 9.18 Å². The molecule has 34 heavy (non-hydrogen) atoms. The highest BCUT2D eigenvalue weighted by Gasteiger charge is 2.28. The van der Waals surface area contributed by atoms with Crippen LogP contribution in [0, 0.1) is 5.82 Å². The molecule has 1 amide bonds. The highest BCUT2D eigenvalue weighted by atomic mass is 19.1. The molecule has 172 valence electrons. The molecule has 1 aliphatic rings. The van der Waals surface area contributed by atoms with Crippen LogP contribution in [0.1, 0.15) is 57.6 Å². The molecule has 1 atom stereocenters. The van der Waals surface area contributed by atoms with E-state index >= 15 is 0 Å². The van der Waals surface area contributed by atoms with Crippen LogP contribution in [-0.2, 0) is 12.8 Å². The Kier molecular flexibility index (Phi) is 6.47. The van der Waals surface area contributed by atoms with Gasteiger partial charge in [-0.25, -0.2) is 9.37 Å². The summed E-state index contributed by atoms with van der Waals surface area (Å²) in [6, 6.07) is 20.3. The zero-order chi connectivity index (χ0) is 23.3. The highest BCUT2D eigenvalue weighted by molar-refractivity contribution is 5.94. The molecule has 0 spiro atoms. The number of carbonyl (C=O) groups is 1. The van der Waals surface area contributed by atoms with Crippen LogP contribution in [0.3, 0.4) is 0 Å². The molecule has 2 aromatic heterocycles. The van der Waals surface area contributed by atoms with Gasteiger partial charge in [0.05, 0.1) is 12.1 Å². The standard InChI is InChI=1S/C28H26FN3O2/c29-26-11-5-4-9-21(26)16-24-17-22(12-13-30-24)28(33)32-14-6-10-23(19-32)27-31-18-25(34-27)15-20-7-2-1-3-8-20/h1-5,7-9,11-13,17-18,23H,6,10,14-16,19H2/t23-/m1/s1. The van der Waals surface area contributed by atoms with Crippen LogP contribution in [0.4, 0.5) is 4.39 Å². The number of hydrogen-bond acceptors (Lipinski definition) is 4. The molecule has 0 radical (unpaired) electrons. The van der Waals surface area contributed by atoms with Gasteiger partial charge in [-0.3, -0.25) is 9.78 Å². The largest absolute Gasteiger partial charge is 0.445 e. The quantitative estimate of drug-likeness (QED) is 0.390. The summed E-state index contributed by atoms with van der Waals surface area (Å²) in [5.41, 5.74) is 2.98. The second kappa shape index (κ2) is 10.00. The molecular weight excluding hydrogens is 429 g/mol. The van der Waals surface area contributed by atoms with E-state index in [0.717, 1.165) is 18.6 Å². The van der Waals surface area contributed by atoms with E-state index in [1.165, 1.54) is 11.6 Å². The summed E-state index contributed by atoms with van der Waals surface area (Å²) in [5.74, 6) is 1.28. The topological polar surface area (TPSA) is 59.2 Å². The molecule has 2 aromatic carbocycles. The molecule has 0 aliphatic carbocycles. The molecular formula is C28H26FN3O2. The van der Waals surface area contributed by atoms with Crippen LogP contribution >= 0.6 is 0 Å². The van der Waals surface area contributed by atoms with Crippen molar-refractivity contribution < 1.29 is 13.6 Å². The zero-order valence-electron chi connectivity index (χ0n) is 18.9. The summed E-state index contributed by atoms with van der Waals surface area (Å²) < 4.78 is 20.1. The zero-order valence-corrected chi connectivity index (χ0v) is 18.9. The fourth-order valence-corrected chi connectivity index (χ4v) is 4.48. The molecule has 0 unspecified atom stereocenters. The van der Waals surface area contributed by atoms with Crippen LogP contribution in [0.2, 0.25) is 0 Å². The Morgan fingerprint density at radius 3 is 2.71 bits per heavy atom. The summed E-state index contributed by atoms with van der Waals surface area (Å²) >= 11 is 0. The number of piperidine rings is 1. The molecule has 1 saturated heterocycles. The number of carbonyl (C=O) groups excluding carboxylic acids is 1. The number of rotatable bonds is 6. The van der Waals surface area contributed by atoms with Gasteiger partial charge in [0.25, 0.3) is 5.91 Å². The van der Waals surface area contributed by atoms with Gasteiger partial charge in [0.1, 0.15) is 11.6 Å². The lowest BCUT2D eigenvalue weighted by atomic mass is 9.97. The van der Waals surface area contributed by atoms with E-state index in [2.05, 4.69) is 22.1 Å². The summed E-state index contributed by atoms with van der Waals surface area (Å²) in [6.45, 7) is 1.26. The van der Waals surface area contributed by atoms with Crippen molar-refractivity contribution in [1.29, 1.82) is 0 Å². The van der Waals surface area contributed by atoms with Crippen molar-refractivity contribution in [3.63, 3.8) is 0 Å². The lowest BCUT2D eigenvalue weighted by Crippen LogP contribution is -2.39. The Bertz CT molecular complexity index is 1270. The van der Waals surface area contributed by atoms with Gasteiger partial charge in [-0.15, -0.1) is 0 Å². The van der Waals surface area contributed by atoms with Crippen molar-refractivity contribution in [3.8, 4) is 0 Å². The molecule has 4 aromatic rings. The number of likely N-dealkylation sites (tertiary alicyclic amines) is 1. The van der Waals surface area contributed by atoms with E-state index in [-0.39, 0.29) is 17.6 Å². The van der Waals surface area contributed by atoms with Gasteiger partial charge in [-0.05, 0) is 42.2 Å². The predicted molar refractivity (Wildman–Crippen MR) is 127 cm³/mol. The van der Waals surface area contributed by atoms with E-state index in [1.807, 2.05) is 23.1 Å². The maximum Gasteiger partial charge on any atom is 0.253 e. The van der Waals surface area contributed by atoms with Gasteiger partial charge < -0.3 is 9.32 Å². The molecule has 3 heterocycles. The first-order chi connectivity index (χ1) is 16.7. The molecule has 0 bridgehead atoms. The fraction of sp³-hybridized carbons (Fsp3) is 0.250. The molecule has 1 aliphatic heterocycles. The first-order valence-electron chi connectivity index (χ1n) is 11.6. The summed E-state index contributed by atoms with van der Waals surface area (Å²) in [5, 5.41) is 0. The molecule has 1 fully saturated rings. The Balaban J connectivity index is 1.26. The minimum absolute atomic E-state index is 0.0436. The number of benzene rings is 2. The number of aromatic nitrogens is 2. The second-order valence-electron chi connectivity index (χ2n) is 8.72. The average molecular weight is 456 g/mol. The fourth-order valence-electron chi connectivity index (χ4n) is 4.48. The van der Waals surface area contributed by atoms with Crippen molar-refractivity contribution in [3.05, 3.63) is 119 Å². The molecule has 6 heteroatoms. The number of nitrogens with zero attached hydrogens (tertiary/aromatic N) is 3. The molecule has 0 saturated carbocycles.